The van der Waals surface area contributed by atoms with E-state index in [4.69, 9.17) is 9.47 Å². The monoisotopic (exact) mass is 468 g/mol. The van der Waals surface area contributed by atoms with E-state index in [0.29, 0.717) is 19.4 Å². The van der Waals surface area contributed by atoms with Gasteiger partial charge in [-0.1, -0.05) is 118 Å². The SMILES string of the molecule is CCCCCCCCCCCCCOC(=O)CCCCCCCCC(=O)OC(C)C(C)(C)C. The number of carbonyl (C=O) groups is 2. The molecule has 0 amide bonds. The summed E-state index contributed by atoms with van der Waals surface area (Å²) < 4.78 is 10.8. The maximum absolute atomic E-state index is 11.9. The van der Waals surface area contributed by atoms with E-state index in [1.54, 1.807) is 0 Å². The van der Waals surface area contributed by atoms with Crippen LogP contribution in [-0.4, -0.2) is 24.6 Å². The highest BCUT2D eigenvalue weighted by Gasteiger charge is 2.23. The summed E-state index contributed by atoms with van der Waals surface area (Å²) in [7, 11) is 0. The number of carbonyl (C=O) groups excluding carboxylic acids is 2. The Morgan fingerprint density at radius 3 is 1.45 bits per heavy atom. The lowest BCUT2D eigenvalue weighted by atomic mass is 9.90. The number of rotatable bonds is 22. The Kier molecular flexibility index (Phi) is 20.8. The molecule has 0 saturated heterocycles. The third-order valence-corrected chi connectivity index (χ3v) is 6.55. The van der Waals surface area contributed by atoms with Crippen LogP contribution < -0.4 is 0 Å². The largest absolute Gasteiger partial charge is 0.466 e. The van der Waals surface area contributed by atoms with E-state index in [-0.39, 0.29) is 23.5 Å². The summed E-state index contributed by atoms with van der Waals surface area (Å²) in [6.45, 7) is 11.1. The van der Waals surface area contributed by atoms with E-state index in [0.717, 1.165) is 44.9 Å². The van der Waals surface area contributed by atoms with Crippen molar-refractivity contribution in [3.63, 3.8) is 0 Å². The molecular formula is C29H56O4. The Labute approximate surface area is 206 Å². The Balaban J connectivity index is 3.34. The van der Waals surface area contributed by atoms with Gasteiger partial charge in [-0.3, -0.25) is 9.59 Å². The van der Waals surface area contributed by atoms with Crippen LogP contribution in [-0.2, 0) is 19.1 Å². The van der Waals surface area contributed by atoms with Crippen LogP contribution in [0.3, 0.4) is 0 Å². The first kappa shape index (κ1) is 31.9. The van der Waals surface area contributed by atoms with Crippen LogP contribution in [0.15, 0.2) is 0 Å². The molecule has 4 heteroatoms. The van der Waals surface area contributed by atoms with Gasteiger partial charge in [0.15, 0.2) is 0 Å². The quantitative estimate of drug-likeness (QED) is 0.117. The Hall–Kier alpha value is -1.06. The van der Waals surface area contributed by atoms with E-state index >= 15 is 0 Å². The molecule has 0 heterocycles. The zero-order valence-electron chi connectivity index (χ0n) is 22.9. The minimum atomic E-state index is -0.0852. The van der Waals surface area contributed by atoms with E-state index in [9.17, 15) is 9.59 Å². The molecule has 33 heavy (non-hydrogen) atoms. The van der Waals surface area contributed by atoms with Gasteiger partial charge in [0, 0.05) is 12.8 Å². The van der Waals surface area contributed by atoms with Crippen LogP contribution >= 0.6 is 0 Å². The van der Waals surface area contributed by atoms with E-state index in [1.807, 2.05) is 6.92 Å². The van der Waals surface area contributed by atoms with E-state index in [1.165, 1.54) is 64.2 Å². The van der Waals surface area contributed by atoms with Gasteiger partial charge in [-0.15, -0.1) is 0 Å². The van der Waals surface area contributed by atoms with Gasteiger partial charge in [0.05, 0.1) is 6.61 Å². The molecule has 1 atom stereocenters. The molecule has 0 radical (unpaired) electrons. The van der Waals surface area contributed by atoms with Crippen LogP contribution in [0.5, 0.6) is 0 Å². The van der Waals surface area contributed by atoms with Gasteiger partial charge >= 0.3 is 11.9 Å². The zero-order valence-corrected chi connectivity index (χ0v) is 22.9. The van der Waals surface area contributed by atoms with Crippen molar-refractivity contribution in [1.82, 2.24) is 0 Å². The molecule has 0 aliphatic heterocycles. The lowest BCUT2D eigenvalue weighted by molar-refractivity contribution is -0.153. The maximum atomic E-state index is 11.9. The fourth-order valence-electron chi connectivity index (χ4n) is 3.70. The van der Waals surface area contributed by atoms with Gasteiger partial charge in [-0.2, -0.15) is 0 Å². The fourth-order valence-corrected chi connectivity index (χ4v) is 3.70. The van der Waals surface area contributed by atoms with Gasteiger partial charge in [-0.25, -0.2) is 0 Å². The summed E-state index contributed by atoms with van der Waals surface area (Å²) in [4.78, 5) is 23.7. The van der Waals surface area contributed by atoms with Crippen LogP contribution in [0.25, 0.3) is 0 Å². The topological polar surface area (TPSA) is 52.6 Å². The van der Waals surface area contributed by atoms with Crippen LogP contribution in [0, 0.1) is 5.41 Å². The minimum absolute atomic E-state index is 0.0102. The summed E-state index contributed by atoms with van der Waals surface area (Å²) in [6, 6.07) is 0. The molecule has 0 fully saturated rings. The number of hydrogen-bond acceptors (Lipinski definition) is 4. The lowest BCUT2D eigenvalue weighted by Gasteiger charge is -2.26. The summed E-state index contributed by atoms with van der Waals surface area (Å²) in [5.41, 5.74) is -0.0102. The van der Waals surface area contributed by atoms with Crippen LogP contribution in [0.1, 0.15) is 157 Å². The maximum Gasteiger partial charge on any atom is 0.306 e. The number of esters is 2. The first-order valence-corrected chi connectivity index (χ1v) is 14.1. The smallest absolute Gasteiger partial charge is 0.306 e. The van der Waals surface area contributed by atoms with E-state index < -0.39 is 0 Å². The average molecular weight is 469 g/mol. The van der Waals surface area contributed by atoms with Gasteiger partial charge in [0.2, 0.25) is 0 Å². The molecule has 0 aromatic rings. The average Bonchev–Trinajstić information content (AvgIpc) is 2.75. The van der Waals surface area contributed by atoms with Crippen molar-refractivity contribution < 1.29 is 19.1 Å². The highest BCUT2D eigenvalue weighted by molar-refractivity contribution is 5.69. The summed E-state index contributed by atoms with van der Waals surface area (Å²) in [6.07, 6.45) is 21.5. The number of unbranched alkanes of at least 4 members (excludes halogenated alkanes) is 15. The Morgan fingerprint density at radius 2 is 1.00 bits per heavy atom. The highest BCUT2D eigenvalue weighted by atomic mass is 16.5. The van der Waals surface area contributed by atoms with Crippen molar-refractivity contribution in [1.29, 1.82) is 0 Å². The first-order valence-electron chi connectivity index (χ1n) is 14.1. The zero-order chi connectivity index (χ0) is 24.8. The van der Waals surface area contributed by atoms with Crippen molar-refractivity contribution in [3.8, 4) is 0 Å². The second kappa shape index (κ2) is 21.5. The Morgan fingerprint density at radius 1 is 0.606 bits per heavy atom. The molecule has 0 rings (SSSR count). The van der Waals surface area contributed by atoms with Crippen molar-refractivity contribution in [3.05, 3.63) is 0 Å². The normalized spacial score (nSPS) is 12.5. The molecule has 0 aliphatic rings. The molecule has 0 aromatic heterocycles. The molecular weight excluding hydrogens is 412 g/mol. The van der Waals surface area contributed by atoms with Crippen LogP contribution in [0.4, 0.5) is 0 Å². The summed E-state index contributed by atoms with van der Waals surface area (Å²) in [5, 5.41) is 0. The molecule has 4 nitrogen and oxygen atoms in total. The number of ether oxygens (including phenoxy) is 2. The molecule has 0 N–H and O–H groups in total. The predicted molar refractivity (Wildman–Crippen MR) is 139 cm³/mol. The third kappa shape index (κ3) is 22.5. The molecule has 0 aromatic carbocycles. The molecule has 0 bridgehead atoms. The first-order chi connectivity index (χ1) is 15.8. The standard InChI is InChI=1S/C29H56O4/c1-6-7-8-9-10-11-12-13-16-19-22-25-32-27(30)23-20-17-14-15-18-21-24-28(31)33-26(2)29(3,4)5/h26H,6-25H2,1-5H3. The molecule has 196 valence electrons. The number of hydrogen-bond donors (Lipinski definition) is 0. The van der Waals surface area contributed by atoms with Crippen LogP contribution in [0.2, 0.25) is 0 Å². The molecule has 0 saturated carbocycles. The second-order valence-electron chi connectivity index (χ2n) is 10.9. The van der Waals surface area contributed by atoms with Gasteiger partial charge in [0.25, 0.3) is 0 Å². The van der Waals surface area contributed by atoms with Gasteiger partial charge < -0.3 is 9.47 Å². The van der Waals surface area contributed by atoms with Gasteiger partial charge in [0.1, 0.15) is 6.10 Å². The Bertz CT molecular complexity index is 467. The van der Waals surface area contributed by atoms with Crippen molar-refractivity contribution >= 4 is 11.9 Å². The predicted octanol–water partition coefficient (Wildman–Crippen LogP) is 8.94. The lowest BCUT2D eigenvalue weighted by Crippen LogP contribution is -2.28. The second-order valence-corrected chi connectivity index (χ2v) is 10.9. The van der Waals surface area contributed by atoms with Crippen molar-refractivity contribution in [2.75, 3.05) is 6.61 Å². The van der Waals surface area contributed by atoms with E-state index in [2.05, 4.69) is 27.7 Å². The van der Waals surface area contributed by atoms with Crippen molar-refractivity contribution in [2.24, 2.45) is 5.41 Å². The summed E-state index contributed by atoms with van der Waals surface area (Å²) in [5.74, 6) is -0.129. The highest BCUT2D eigenvalue weighted by Crippen LogP contribution is 2.22. The summed E-state index contributed by atoms with van der Waals surface area (Å²) >= 11 is 0. The fraction of sp³-hybridized carbons (Fsp3) is 0.931. The minimum Gasteiger partial charge on any atom is -0.466 e. The third-order valence-electron chi connectivity index (χ3n) is 6.55. The van der Waals surface area contributed by atoms with Gasteiger partial charge in [-0.05, 0) is 31.6 Å². The molecule has 0 aliphatic carbocycles. The molecule has 1 unspecified atom stereocenters. The van der Waals surface area contributed by atoms with Crippen molar-refractivity contribution in [2.45, 2.75) is 163 Å². The molecule has 0 spiro atoms.